The predicted molar refractivity (Wildman–Crippen MR) is 94.5 cm³/mol. The zero-order valence-corrected chi connectivity index (χ0v) is 14.4. The first-order chi connectivity index (χ1) is 11.9. The summed E-state index contributed by atoms with van der Waals surface area (Å²) in [6, 6.07) is 12.8. The molecule has 1 amide bonds. The van der Waals surface area contributed by atoms with Crippen molar-refractivity contribution < 1.29 is 19.4 Å². The van der Waals surface area contributed by atoms with Gasteiger partial charge in [0, 0.05) is 17.6 Å². The van der Waals surface area contributed by atoms with Gasteiger partial charge in [0.1, 0.15) is 11.5 Å². The monoisotopic (exact) mass is 357 g/mol. The first-order valence-electron chi connectivity index (χ1n) is 7.58. The molecule has 1 aliphatic rings. The number of Topliss-reactive ketones (excluding diaryl/α,β-unsaturated/α-hetero) is 1. The highest BCUT2D eigenvalue weighted by atomic mass is 35.5. The number of amides is 1. The lowest BCUT2D eigenvalue weighted by molar-refractivity contribution is -0.139. The van der Waals surface area contributed by atoms with Gasteiger partial charge in [0.05, 0.1) is 18.7 Å². The number of hydrogen-bond acceptors (Lipinski definition) is 4. The minimum Gasteiger partial charge on any atom is -0.507 e. The number of likely N-dealkylation sites (N-methyl/N-ethyl adjacent to an activating group) is 1. The number of aliphatic hydroxyl groups is 1. The van der Waals surface area contributed by atoms with Crippen molar-refractivity contribution in [2.24, 2.45) is 0 Å². The number of likely N-dealkylation sites (tertiary alicyclic amines) is 1. The Hall–Kier alpha value is -2.79. The third-order valence-electron chi connectivity index (χ3n) is 4.22. The minimum absolute atomic E-state index is 0.0555. The molecular weight excluding hydrogens is 342 g/mol. The highest BCUT2D eigenvalue weighted by molar-refractivity contribution is 6.46. The van der Waals surface area contributed by atoms with Crippen LogP contribution < -0.4 is 4.74 Å². The zero-order chi connectivity index (χ0) is 18.1. The normalized spacial score (nSPS) is 19.3. The Morgan fingerprint density at radius 3 is 2.24 bits per heavy atom. The number of halogens is 1. The van der Waals surface area contributed by atoms with E-state index in [1.165, 1.54) is 11.9 Å². The Morgan fingerprint density at radius 2 is 1.68 bits per heavy atom. The molecule has 1 atom stereocenters. The molecule has 6 heteroatoms. The molecule has 1 aliphatic heterocycles. The van der Waals surface area contributed by atoms with Gasteiger partial charge in [-0.2, -0.15) is 0 Å². The van der Waals surface area contributed by atoms with Crippen LogP contribution >= 0.6 is 11.6 Å². The van der Waals surface area contributed by atoms with Crippen LogP contribution in [0.2, 0.25) is 5.02 Å². The summed E-state index contributed by atoms with van der Waals surface area (Å²) in [7, 11) is 3.10. The maximum Gasteiger partial charge on any atom is 0.295 e. The summed E-state index contributed by atoms with van der Waals surface area (Å²) in [5.74, 6) is -0.929. The molecule has 0 bridgehead atoms. The molecule has 1 N–H and O–H groups in total. The van der Waals surface area contributed by atoms with Crippen molar-refractivity contribution in [1.29, 1.82) is 0 Å². The van der Waals surface area contributed by atoms with Gasteiger partial charge < -0.3 is 14.7 Å². The molecule has 0 unspecified atom stereocenters. The minimum atomic E-state index is -0.712. The van der Waals surface area contributed by atoms with E-state index < -0.39 is 17.7 Å². The van der Waals surface area contributed by atoms with E-state index in [9.17, 15) is 14.7 Å². The van der Waals surface area contributed by atoms with Crippen molar-refractivity contribution in [1.82, 2.24) is 4.90 Å². The summed E-state index contributed by atoms with van der Waals surface area (Å²) in [5, 5.41) is 11.2. The Labute approximate surface area is 150 Å². The van der Waals surface area contributed by atoms with Gasteiger partial charge in [-0.25, -0.2) is 0 Å². The largest absolute Gasteiger partial charge is 0.507 e. The summed E-state index contributed by atoms with van der Waals surface area (Å²) < 4.78 is 5.13. The third-order valence-corrected chi connectivity index (χ3v) is 4.48. The number of hydrogen-bond donors (Lipinski definition) is 1. The van der Waals surface area contributed by atoms with Gasteiger partial charge in [-0.05, 0) is 42.0 Å². The molecular formula is C19H16ClNO4. The number of nitrogens with zero attached hydrogens (tertiary/aromatic N) is 1. The van der Waals surface area contributed by atoms with Crippen molar-refractivity contribution in [3.05, 3.63) is 70.3 Å². The summed E-state index contributed by atoms with van der Waals surface area (Å²) in [6.45, 7) is 0. The SMILES string of the molecule is COc1ccc([C@@H]2C(=C(O)c3ccc(Cl)cc3)C(=O)C(=O)N2C)cc1. The predicted octanol–water partition coefficient (Wildman–Crippen LogP) is 3.40. The molecule has 1 saturated heterocycles. The quantitative estimate of drug-likeness (QED) is 0.519. The van der Waals surface area contributed by atoms with Crippen LogP contribution in [0.3, 0.4) is 0 Å². The average Bonchev–Trinajstić information content (AvgIpc) is 2.86. The van der Waals surface area contributed by atoms with Gasteiger partial charge in [0.25, 0.3) is 11.7 Å². The molecule has 0 aliphatic carbocycles. The van der Waals surface area contributed by atoms with Crippen LogP contribution in [0.25, 0.3) is 5.76 Å². The van der Waals surface area contributed by atoms with Gasteiger partial charge in [0.2, 0.25) is 0 Å². The van der Waals surface area contributed by atoms with Crippen molar-refractivity contribution >= 4 is 29.1 Å². The van der Waals surface area contributed by atoms with Gasteiger partial charge in [0.15, 0.2) is 0 Å². The summed E-state index contributed by atoms with van der Waals surface area (Å²) in [4.78, 5) is 26.0. The fourth-order valence-corrected chi connectivity index (χ4v) is 3.01. The van der Waals surface area contributed by atoms with E-state index in [-0.39, 0.29) is 11.3 Å². The second-order valence-electron chi connectivity index (χ2n) is 5.69. The van der Waals surface area contributed by atoms with Crippen LogP contribution in [-0.2, 0) is 9.59 Å². The molecule has 128 valence electrons. The molecule has 2 aromatic rings. The summed E-state index contributed by atoms with van der Waals surface area (Å²) >= 11 is 5.87. The molecule has 0 radical (unpaired) electrons. The van der Waals surface area contributed by atoms with Crippen molar-refractivity contribution in [3.8, 4) is 5.75 Å². The summed E-state index contributed by atoms with van der Waals surface area (Å²) in [6.07, 6.45) is 0. The Bertz CT molecular complexity index is 856. The van der Waals surface area contributed by atoms with E-state index in [4.69, 9.17) is 16.3 Å². The lowest BCUT2D eigenvalue weighted by Gasteiger charge is -2.21. The number of carbonyl (C=O) groups excluding carboxylic acids is 2. The van der Waals surface area contributed by atoms with Gasteiger partial charge in [-0.15, -0.1) is 0 Å². The lowest BCUT2D eigenvalue weighted by atomic mass is 9.95. The Morgan fingerprint density at radius 1 is 1.08 bits per heavy atom. The first-order valence-corrected chi connectivity index (χ1v) is 7.96. The highest BCUT2D eigenvalue weighted by Gasteiger charge is 2.44. The number of benzene rings is 2. The molecule has 0 spiro atoms. The standard InChI is InChI=1S/C19H16ClNO4/c1-21-16(11-5-9-14(25-2)10-6-11)15(18(23)19(21)24)17(22)12-3-7-13(20)8-4-12/h3-10,16,22H,1-2H3/t16-/m1/s1. The fourth-order valence-electron chi connectivity index (χ4n) is 2.89. The van der Waals surface area contributed by atoms with Crippen LogP contribution in [0.4, 0.5) is 0 Å². The van der Waals surface area contributed by atoms with Crippen molar-refractivity contribution in [3.63, 3.8) is 0 Å². The third kappa shape index (κ3) is 2.98. The number of ether oxygens (including phenoxy) is 1. The molecule has 1 heterocycles. The average molecular weight is 358 g/mol. The van der Waals surface area contributed by atoms with Crippen LogP contribution in [0, 0.1) is 0 Å². The second-order valence-corrected chi connectivity index (χ2v) is 6.13. The van der Waals surface area contributed by atoms with Crippen LogP contribution in [0.15, 0.2) is 54.1 Å². The van der Waals surface area contributed by atoms with Crippen molar-refractivity contribution in [2.75, 3.05) is 14.2 Å². The Balaban J connectivity index is 2.13. The molecule has 0 aromatic heterocycles. The number of methoxy groups -OCH3 is 1. The molecule has 1 fully saturated rings. The van der Waals surface area contributed by atoms with Gasteiger partial charge in [-0.1, -0.05) is 23.7 Å². The highest BCUT2D eigenvalue weighted by Crippen LogP contribution is 2.38. The van der Waals surface area contributed by atoms with Gasteiger partial charge >= 0.3 is 0 Å². The molecule has 2 aromatic carbocycles. The maximum atomic E-state index is 12.4. The molecule has 25 heavy (non-hydrogen) atoms. The van der Waals surface area contributed by atoms with Crippen LogP contribution in [0.5, 0.6) is 5.75 Å². The van der Waals surface area contributed by atoms with E-state index >= 15 is 0 Å². The van der Waals surface area contributed by atoms with Crippen LogP contribution in [-0.4, -0.2) is 35.9 Å². The topological polar surface area (TPSA) is 66.8 Å². The molecule has 0 saturated carbocycles. The van der Waals surface area contributed by atoms with E-state index in [0.717, 1.165) is 0 Å². The smallest absolute Gasteiger partial charge is 0.295 e. The van der Waals surface area contributed by atoms with E-state index in [1.54, 1.807) is 55.6 Å². The maximum absolute atomic E-state index is 12.4. The molecule has 3 rings (SSSR count). The Kier molecular flexibility index (Phi) is 4.51. The summed E-state index contributed by atoms with van der Waals surface area (Å²) in [5.41, 5.74) is 1.19. The van der Waals surface area contributed by atoms with Crippen molar-refractivity contribution in [2.45, 2.75) is 6.04 Å². The zero-order valence-electron chi connectivity index (χ0n) is 13.7. The van der Waals surface area contributed by atoms with E-state index in [1.807, 2.05) is 0 Å². The van der Waals surface area contributed by atoms with Gasteiger partial charge in [-0.3, -0.25) is 9.59 Å². The number of rotatable bonds is 3. The number of carbonyl (C=O) groups is 2. The van der Waals surface area contributed by atoms with Crippen LogP contribution in [0.1, 0.15) is 17.2 Å². The number of ketones is 1. The number of aliphatic hydroxyl groups excluding tert-OH is 1. The van der Waals surface area contributed by atoms with E-state index in [2.05, 4.69) is 0 Å². The first kappa shape index (κ1) is 17.0. The molecule has 5 nitrogen and oxygen atoms in total. The fraction of sp³-hybridized carbons (Fsp3) is 0.158. The second kappa shape index (κ2) is 6.61. The van der Waals surface area contributed by atoms with E-state index in [0.29, 0.717) is 21.9 Å². The lowest BCUT2D eigenvalue weighted by Crippen LogP contribution is -2.24.